The Morgan fingerprint density at radius 1 is 0.397 bits per heavy atom. The summed E-state index contributed by atoms with van der Waals surface area (Å²) in [5, 5.41) is 9.98. The van der Waals surface area contributed by atoms with Crippen molar-refractivity contribution in [3.05, 3.63) is 193 Å². The molecule has 0 radical (unpaired) electrons. The molecular weight excluding hydrogens is 705 g/mol. The fourth-order valence-electron chi connectivity index (χ4n) is 9.58. The maximum atomic E-state index is 5.19. The maximum Gasteiger partial charge on any atom is 0.164 e. The highest BCUT2D eigenvalue weighted by atomic mass is 15.0. The van der Waals surface area contributed by atoms with Crippen LogP contribution in [0.4, 0.5) is 0 Å². The average molecular weight is 741 g/mol. The molecule has 2 aromatic heterocycles. The Hall–Kier alpha value is -7.43. The summed E-state index contributed by atoms with van der Waals surface area (Å²) >= 11 is 0. The van der Waals surface area contributed by atoms with Gasteiger partial charge in [-0.1, -0.05) is 153 Å². The summed E-state index contributed by atoms with van der Waals surface area (Å²) in [6.45, 7) is 4.62. The van der Waals surface area contributed by atoms with E-state index in [4.69, 9.17) is 15.0 Å². The second-order valence-corrected chi connectivity index (χ2v) is 16.0. The molecule has 1 aliphatic carbocycles. The Balaban J connectivity index is 1.05. The Bertz CT molecular complexity index is 3470. The van der Waals surface area contributed by atoms with Crippen molar-refractivity contribution in [2.45, 2.75) is 19.3 Å². The van der Waals surface area contributed by atoms with Crippen molar-refractivity contribution in [3.63, 3.8) is 0 Å². The molecule has 0 amide bonds. The lowest BCUT2D eigenvalue weighted by Gasteiger charge is -2.21. The van der Waals surface area contributed by atoms with Gasteiger partial charge in [0.1, 0.15) is 0 Å². The molecule has 0 spiro atoms. The van der Waals surface area contributed by atoms with Crippen molar-refractivity contribution in [2.75, 3.05) is 0 Å². The number of nitrogens with zero attached hydrogens (tertiary/aromatic N) is 4. The van der Waals surface area contributed by atoms with E-state index in [-0.39, 0.29) is 5.41 Å². The molecule has 9 aromatic carbocycles. The van der Waals surface area contributed by atoms with Crippen LogP contribution in [0.15, 0.2) is 182 Å². The van der Waals surface area contributed by atoms with Crippen LogP contribution >= 0.6 is 0 Å². The van der Waals surface area contributed by atoms with Crippen LogP contribution in [-0.4, -0.2) is 19.5 Å². The van der Waals surface area contributed by atoms with Gasteiger partial charge in [-0.05, 0) is 91.6 Å². The Kier molecular flexibility index (Phi) is 6.94. The van der Waals surface area contributed by atoms with Crippen LogP contribution in [0.5, 0.6) is 0 Å². The number of fused-ring (bicyclic) bond motifs is 12. The smallest absolute Gasteiger partial charge is 0.164 e. The standard InChI is InChI=1S/C54H36N4/c1-54(2)46-23-13-12-20-41(46)42-29-26-37(31-47(42)54)53-56-51(33-14-4-3-5-15-33)55-52(57-53)34-24-27-38(28-25-34)58-48-32-36-17-7-6-16-35(36)30-45(48)49-43-21-10-8-18-39(43)40-19-9-11-22-44(40)50(49)58/h3-32H,1-2H3. The third kappa shape index (κ3) is 4.78. The third-order valence-corrected chi connectivity index (χ3v) is 12.4. The lowest BCUT2D eigenvalue weighted by atomic mass is 9.82. The number of aromatic nitrogens is 4. The van der Waals surface area contributed by atoms with E-state index in [1.54, 1.807) is 0 Å². The Morgan fingerprint density at radius 2 is 0.931 bits per heavy atom. The maximum absolute atomic E-state index is 5.19. The molecule has 0 fully saturated rings. The van der Waals surface area contributed by atoms with Gasteiger partial charge in [-0.3, -0.25) is 0 Å². The van der Waals surface area contributed by atoms with Crippen molar-refractivity contribution in [1.29, 1.82) is 0 Å². The topological polar surface area (TPSA) is 43.6 Å². The van der Waals surface area contributed by atoms with Gasteiger partial charge in [-0.2, -0.15) is 0 Å². The van der Waals surface area contributed by atoms with Crippen molar-refractivity contribution < 1.29 is 0 Å². The average Bonchev–Trinajstić information content (AvgIpc) is 3.74. The summed E-state index contributed by atoms with van der Waals surface area (Å²) in [5.74, 6) is 1.96. The van der Waals surface area contributed by atoms with Crippen LogP contribution in [0, 0.1) is 0 Å². The van der Waals surface area contributed by atoms with E-state index < -0.39 is 0 Å². The summed E-state index contributed by atoms with van der Waals surface area (Å²) in [6.07, 6.45) is 0. The predicted octanol–water partition coefficient (Wildman–Crippen LogP) is 13.7. The number of benzene rings is 9. The fraction of sp³-hybridized carbons (Fsp3) is 0.0556. The second-order valence-electron chi connectivity index (χ2n) is 16.0. The van der Waals surface area contributed by atoms with Gasteiger partial charge < -0.3 is 4.57 Å². The van der Waals surface area contributed by atoms with E-state index in [0.717, 1.165) is 22.4 Å². The fourth-order valence-corrected chi connectivity index (χ4v) is 9.58. The van der Waals surface area contributed by atoms with Crippen LogP contribution < -0.4 is 0 Å². The molecule has 2 heterocycles. The summed E-state index contributed by atoms with van der Waals surface area (Å²) < 4.78 is 2.45. The quantitative estimate of drug-likeness (QED) is 0.169. The predicted molar refractivity (Wildman–Crippen MR) is 241 cm³/mol. The SMILES string of the molecule is CC1(C)c2ccccc2-c2ccc(-c3nc(-c4ccccc4)nc(-c4ccc(-n5c6cc7ccccc7cc6c6c7ccccc7c7ccccc7c65)cc4)n3)cc21. The number of hydrogen-bond donors (Lipinski definition) is 0. The van der Waals surface area contributed by atoms with Gasteiger partial charge >= 0.3 is 0 Å². The molecule has 12 rings (SSSR count). The van der Waals surface area contributed by atoms with E-state index in [2.05, 4.69) is 182 Å². The Morgan fingerprint density at radius 3 is 1.67 bits per heavy atom. The minimum atomic E-state index is -0.132. The van der Waals surface area contributed by atoms with E-state index in [0.29, 0.717) is 17.5 Å². The van der Waals surface area contributed by atoms with Gasteiger partial charge in [0.15, 0.2) is 17.5 Å². The molecule has 4 nitrogen and oxygen atoms in total. The number of rotatable bonds is 4. The van der Waals surface area contributed by atoms with Crippen LogP contribution in [0.25, 0.3) is 105 Å². The van der Waals surface area contributed by atoms with E-state index >= 15 is 0 Å². The highest BCUT2D eigenvalue weighted by molar-refractivity contribution is 6.33. The van der Waals surface area contributed by atoms with Gasteiger partial charge in [-0.15, -0.1) is 0 Å². The summed E-state index contributed by atoms with van der Waals surface area (Å²) in [4.78, 5) is 15.4. The largest absolute Gasteiger partial charge is 0.309 e. The first-order chi connectivity index (χ1) is 28.5. The molecule has 1 aliphatic rings. The van der Waals surface area contributed by atoms with E-state index in [9.17, 15) is 0 Å². The summed E-state index contributed by atoms with van der Waals surface area (Å²) in [5.41, 5.74) is 11.4. The third-order valence-electron chi connectivity index (χ3n) is 12.4. The molecule has 0 unspecified atom stereocenters. The van der Waals surface area contributed by atoms with Gasteiger partial charge in [0.2, 0.25) is 0 Å². The zero-order chi connectivity index (χ0) is 38.5. The molecule has 272 valence electrons. The molecule has 58 heavy (non-hydrogen) atoms. The van der Waals surface area contributed by atoms with Gasteiger partial charge in [0.05, 0.1) is 11.0 Å². The Labute approximate surface area is 335 Å². The van der Waals surface area contributed by atoms with Crippen LogP contribution in [-0.2, 0) is 5.41 Å². The molecular formula is C54H36N4. The van der Waals surface area contributed by atoms with E-state index in [1.165, 1.54) is 76.4 Å². The molecule has 0 N–H and O–H groups in total. The van der Waals surface area contributed by atoms with Crippen molar-refractivity contribution >= 4 is 54.1 Å². The first-order valence-electron chi connectivity index (χ1n) is 19.9. The minimum Gasteiger partial charge on any atom is -0.309 e. The van der Waals surface area contributed by atoms with E-state index in [1.807, 2.05) is 18.2 Å². The molecule has 0 saturated heterocycles. The zero-order valence-corrected chi connectivity index (χ0v) is 32.1. The van der Waals surface area contributed by atoms with Gasteiger partial charge in [0, 0.05) is 44.0 Å². The molecule has 0 atom stereocenters. The van der Waals surface area contributed by atoms with Crippen LogP contribution in [0.1, 0.15) is 25.0 Å². The molecule has 4 heteroatoms. The zero-order valence-electron chi connectivity index (χ0n) is 32.1. The van der Waals surface area contributed by atoms with Gasteiger partial charge in [-0.25, -0.2) is 15.0 Å². The highest BCUT2D eigenvalue weighted by Crippen LogP contribution is 2.49. The van der Waals surface area contributed by atoms with Crippen molar-refractivity contribution in [3.8, 4) is 51.0 Å². The summed E-state index contributed by atoms with van der Waals surface area (Å²) in [6, 6.07) is 65.4. The monoisotopic (exact) mass is 740 g/mol. The molecule has 0 saturated carbocycles. The van der Waals surface area contributed by atoms with Crippen LogP contribution in [0.2, 0.25) is 0 Å². The van der Waals surface area contributed by atoms with Gasteiger partial charge in [0.25, 0.3) is 0 Å². The normalized spacial score (nSPS) is 13.1. The summed E-state index contributed by atoms with van der Waals surface area (Å²) in [7, 11) is 0. The lowest BCUT2D eigenvalue weighted by molar-refractivity contribution is 0.660. The lowest BCUT2D eigenvalue weighted by Crippen LogP contribution is -2.15. The van der Waals surface area contributed by atoms with Crippen molar-refractivity contribution in [1.82, 2.24) is 19.5 Å². The molecule has 0 aliphatic heterocycles. The first-order valence-corrected chi connectivity index (χ1v) is 19.9. The van der Waals surface area contributed by atoms with Crippen LogP contribution in [0.3, 0.4) is 0 Å². The van der Waals surface area contributed by atoms with Crippen molar-refractivity contribution in [2.24, 2.45) is 0 Å². The molecule has 11 aromatic rings. The first kappa shape index (κ1) is 32.8. The minimum absolute atomic E-state index is 0.132. The second kappa shape index (κ2) is 12.3. The highest BCUT2D eigenvalue weighted by Gasteiger charge is 2.35. The number of hydrogen-bond acceptors (Lipinski definition) is 3. The molecule has 0 bridgehead atoms.